The summed E-state index contributed by atoms with van der Waals surface area (Å²) < 4.78 is 0. The number of carbonyl (C=O) groups is 1. The molecule has 0 spiro atoms. The second kappa shape index (κ2) is 9.91. The molecule has 0 radical (unpaired) electrons. The van der Waals surface area contributed by atoms with E-state index in [2.05, 4.69) is 39.4 Å². The van der Waals surface area contributed by atoms with E-state index < -0.39 is 0 Å². The van der Waals surface area contributed by atoms with Gasteiger partial charge in [0.1, 0.15) is 5.82 Å². The number of nitrogen functional groups attached to an aromatic ring is 1. The van der Waals surface area contributed by atoms with Gasteiger partial charge in [0.15, 0.2) is 0 Å². The average Bonchev–Trinajstić information content (AvgIpc) is 2.67. The number of carbonyl (C=O) groups excluding carboxylic acids is 1. The molecule has 2 aromatic rings. The predicted octanol–water partition coefficient (Wildman–Crippen LogP) is 3.68. The van der Waals surface area contributed by atoms with Crippen LogP contribution in [-0.4, -0.2) is 32.7 Å². The number of hydrogen-bond acceptors (Lipinski definition) is 7. The van der Waals surface area contributed by atoms with Crippen LogP contribution < -0.4 is 16.4 Å². The molecule has 0 aliphatic heterocycles. The summed E-state index contributed by atoms with van der Waals surface area (Å²) >= 11 is 1.48. The van der Waals surface area contributed by atoms with E-state index in [1.807, 2.05) is 31.2 Å². The SMILES string of the molecule is Cc1ccccc1Nc1nc(N)nc(CSCC(=O)NC2CCCC(C)C2C)n1. The summed E-state index contributed by atoms with van der Waals surface area (Å²) in [6, 6.07) is 8.18. The van der Waals surface area contributed by atoms with Crippen LogP contribution in [0.4, 0.5) is 17.6 Å². The maximum absolute atomic E-state index is 12.3. The number of para-hydroxylation sites is 1. The molecule has 4 N–H and O–H groups in total. The predicted molar refractivity (Wildman–Crippen MR) is 119 cm³/mol. The normalized spacial score (nSPS) is 21.6. The van der Waals surface area contributed by atoms with Gasteiger partial charge in [-0.05, 0) is 36.8 Å². The Hall–Kier alpha value is -2.35. The van der Waals surface area contributed by atoms with Crippen LogP contribution >= 0.6 is 11.8 Å². The third kappa shape index (κ3) is 6.06. The third-order valence-electron chi connectivity index (χ3n) is 5.61. The maximum atomic E-state index is 12.3. The second-order valence-electron chi connectivity index (χ2n) is 7.81. The highest BCUT2D eigenvalue weighted by molar-refractivity contribution is 7.99. The number of anilines is 3. The van der Waals surface area contributed by atoms with Crippen LogP contribution in [0.25, 0.3) is 0 Å². The fourth-order valence-corrected chi connectivity index (χ4v) is 4.34. The standard InChI is InChI=1S/C21H30N6OS/c1-13-8-6-10-17(15(13)3)23-19(28)12-29-11-18-25-20(22)27-21(26-18)24-16-9-5-4-7-14(16)2/h4-5,7,9,13,15,17H,6,8,10-12H2,1-3H3,(H,23,28)(H3,22,24,25,26,27). The van der Waals surface area contributed by atoms with Crippen LogP contribution in [0.1, 0.15) is 44.5 Å². The highest BCUT2D eigenvalue weighted by Crippen LogP contribution is 2.29. The molecule has 0 bridgehead atoms. The Kier molecular flexibility index (Phi) is 7.30. The van der Waals surface area contributed by atoms with Gasteiger partial charge in [0.2, 0.25) is 17.8 Å². The number of amides is 1. The number of aryl methyl sites for hydroxylation is 1. The first-order valence-corrected chi connectivity index (χ1v) is 11.3. The summed E-state index contributed by atoms with van der Waals surface area (Å²) in [4.78, 5) is 25.1. The number of rotatable bonds is 7. The van der Waals surface area contributed by atoms with Crippen molar-refractivity contribution in [3.8, 4) is 0 Å². The molecule has 156 valence electrons. The fourth-order valence-electron chi connectivity index (χ4n) is 3.66. The number of nitrogens with two attached hydrogens (primary N) is 1. The lowest BCUT2D eigenvalue weighted by atomic mass is 9.78. The van der Waals surface area contributed by atoms with Crippen LogP contribution in [0.5, 0.6) is 0 Å². The first-order chi connectivity index (χ1) is 13.9. The molecule has 1 aliphatic rings. The lowest BCUT2D eigenvalue weighted by Crippen LogP contribution is -2.44. The number of nitrogens with zero attached hydrogens (tertiary/aromatic N) is 3. The molecule has 0 saturated heterocycles. The Morgan fingerprint density at radius 1 is 1.21 bits per heavy atom. The molecule has 1 aromatic heterocycles. The first-order valence-electron chi connectivity index (χ1n) is 10.1. The zero-order chi connectivity index (χ0) is 20.8. The van der Waals surface area contributed by atoms with Gasteiger partial charge in [-0.2, -0.15) is 15.0 Å². The Morgan fingerprint density at radius 2 is 2.00 bits per heavy atom. The summed E-state index contributed by atoms with van der Waals surface area (Å²) in [6.45, 7) is 6.51. The van der Waals surface area contributed by atoms with Gasteiger partial charge >= 0.3 is 0 Å². The van der Waals surface area contributed by atoms with E-state index >= 15 is 0 Å². The van der Waals surface area contributed by atoms with Crippen molar-refractivity contribution in [1.82, 2.24) is 20.3 Å². The van der Waals surface area contributed by atoms with E-state index in [0.29, 0.717) is 35.1 Å². The minimum atomic E-state index is 0.0706. The Bertz CT molecular complexity index is 846. The molecule has 1 amide bonds. The second-order valence-corrected chi connectivity index (χ2v) is 8.79. The summed E-state index contributed by atoms with van der Waals surface area (Å²) in [7, 11) is 0. The molecule has 8 heteroatoms. The molecule has 3 rings (SSSR count). The van der Waals surface area contributed by atoms with Crippen LogP contribution in [-0.2, 0) is 10.5 Å². The van der Waals surface area contributed by atoms with Crippen LogP contribution in [0.2, 0.25) is 0 Å². The largest absolute Gasteiger partial charge is 0.368 e. The van der Waals surface area contributed by atoms with Crippen molar-refractivity contribution in [2.45, 2.75) is 51.8 Å². The van der Waals surface area contributed by atoms with Gasteiger partial charge in [0.25, 0.3) is 0 Å². The number of benzene rings is 1. The van der Waals surface area contributed by atoms with Crippen LogP contribution in [0.15, 0.2) is 24.3 Å². The van der Waals surface area contributed by atoms with Crippen molar-refractivity contribution in [1.29, 1.82) is 0 Å². The van der Waals surface area contributed by atoms with Gasteiger partial charge in [-0.3, -0.25) is 4.79 Å². The van der Waals surface area contributed by atoms with E-state index in [4.69, 9.17) is 5.73 Å². The van der Waals surface area contributed by atoms with E-state index in [-0.39, 0.29) is 17.9 Å². The lowest BCUT2D eigenvalue weighted by Gasteiger charge is -2.34. The van der Waals surface area contributed by atoms with E-state index in [1.165, 1.54) is 24.6 Å². The molecule has 1 fully saturated rings. The molecule has 1 heterocycles. The summed E-state index contributed by atoms with van der Waals surface area (Å²) in [5, 5.41) is 6.38. The number of hydrogen-bond donors (Lipinski definition) is 3. The highest BCUT2D eigenvalue weighted by atomic mass is 32.2. The van der Waals surface area contributed by atoms with Crippen molar-refractivity contribution in [3.05, 3.63) is 35.7 Å². The van der Waals surface area contributed by atoms with Gasteiger partial charge in [0, 0.05) is 11.7 Å². The zero-order valence-corrected chi connectivity index (χ0v) is 18.1. The number of thioether (sulfide) groups is 1. The Balaban J connectivity index is 1.52. The summed E-state index contributed by atoms with van der Waals surface area (Å²) in [5.74, 6) is 3.28. The minimum absolute atomic E-state index is 0.0706. The van der Waals surface area contributed by atoms with Gasteiger partial charge in [0.05, 0.1) is 11.5 Å². The van der Waals surface area contributed by atoms with Gasteiger partial charge < -0.3 is 16.4 Å². The van der Waals surface area contributed by atoms with E-state index in [9.17, 15) is 4.79 Å². The number of nitrogens with one attached hydrogen (secondary N) is 2. The molecular weight excluding hydrogens is 384 g/mol. The van der Waals surface area contributed by atoms with Crippen molar-refractivity contribution in [2.75, 3.05) is 16.8 Å². The molecule has 1 aromatic carbocycles. The van der Waals surface area contributed by atoms with Crippen molar-refractivity contribution < 1.29 is 4.79 Å². The first kappa shape index (κ1) is 21.4. The molecule has 3 unspecified atom stereocenters. The topological polar surface area (TPSA) is 106 Å². The lowest BCUT2D eigenvalue weighted by molar-refractivity contribution is -0.119. The maximum Gasteiger partial charge on any atom is 0.232 e. The van der Waals surface area contributed by atoms with Crippen molar-refractivity contribution in [3.63, 3.8) is 0 Å². The highest BCUT2D eigenvalue weighted by Gasteiger charge is 2.27. The van der Waals surface area contributed by atoms with E-state index in [1.54, 1.807) is 0 Å². The summed E-state index contributed by atoms with van der Waals surface area (Å²) in [6.07, 6.45) is 3.51. The average molecular weight is 415 g/mol. The van der Waals surface area contributed by atoms with Crippen LogP contribution in [0, 0.1) is 18.8 Å². The Labute approximate surface area is 176 Å². The smallest absolute Gasteiger partial charge is 0.232 e. The molecule has 3 atom stereocenters. The monoisotopic (exact) mass is 414 g/mol. The fraction of sp³-hybridized carbons (Fsp3) is 0.524. The Morgan fingerprint density at radius 3 is 2.79 bits per heavy atom. The van der Waals surface area contributed by atoms with Crippen molar-refractivity contribution >= 4 is 35.3 Å². The summed E-state index contributed by atoms with van der Waals surface area (Å²) in [5.41, 5.74) is 7.86. The van der Waals surface area contributed by atoms with E-state index in [0.717, 1.165) is 17.7 Å². The van der Waals surface area contributed by atoms with Crippen LogP contribution in [0.3, 0.4) is 0 Å². The van der Waals surface area contributed by atoms with Gasteiger partial charge in [-0.15, -0.1) is 11.8 Å². The molecule has 1 aliphatic carbocycles. The zero-order valence-electron chi connectivity index (χ0n) is 17.3. The number of aromatic nitrogens is 3. The van der Waals surface area contributed by atoms with Crippen molar-refractivity contribution in [2.24, 2.45) is 11.8 Å². The third-order valence-corrected chi connectivity index (χ3v) is 6.54. The quantitative estimate of drug-likeness (QED) is 0.634. The van der Waals surface area contributed by atoms with Gasteiger partial charge in [-0.25, -0.2) is 0 Å². The minimum Gasteiger partial charge on any atom is -0.368 e. The molecule has 1 saturated carbocycles. The molecular formula is C21H30N6OS. The molecule has 7 nitrogen and oxygen atoms in total. The molecule has 29 heavy (non-hydrogen) atoms. The van der Waals surface area contributed by atoms with Gasteiger partial charge in [-0.1, -0.05) is 44.9 Å².